The number of likely N-dealkylation sites (N-methyl/N-ethyl adjacent to an activating group) is 1. The summed E-state index contributed by atoms with van der Waals surface area (Å²) in [6.07, 6.45) is 2.88. The molecule has 0 bridgehead atoms. The fourth-order valence-corrected chi connectivity index (χ4v) is 2.07. The molecule has 6 nitrogen and oxygen atoms in total. The number of nitrogens with zero attached hydrogens (tertiary/aromatic N) is 3. The van der Waals surface area contributed by atoms with Crippen molar-refractivity contribution in [2.45, 2.75) is 19.4 Å². The van der Waals surface area contributed by atoms with Crippen molar-refractivity contribution in [1.29, 1.82) is 0 Å². The van der Waals surface area contributed by atoms with Gasteiger partial charge in [-0.3, -0.25) is 9.48 Å². The summed E-state index contributed by atoms with van der Waals surface area (Å²) in [5, 5.41) is 7.14. The summed E-state index contributed by atoms with van der Waals surface area (Å²) in [7, 11) is 4.03. The van der Waals surface area contributed by atoms with E-state index in [2.05, 4.69) is 15.3 Å². The zero-order valence-electron chi connectivity index (χ0n) is 13.9. The molecule has 0 unspecified atom stereocenters. The molecular weight excluding hydrogens is 349 g/mol. The second-order valence-corrected chi connectivity index (χ2v) is 5.51. The van der Waals surface area contributed by atoms with Crippen molar-refractivity contribution in [3.8, 4) is 0 Å². The van der Waals surface area contributed by atoms with Gasteiger partial charge in [0.1, 0.15) is 0 Å². The highest BCUT2D eigenvalue weighted by Crippen LogP contribution is 2.13. The van der Waals surface area contributed by atoms with E-state index in [-0.39, 0.29) is 30.7 Å². The largest absolute Gasteiger partial charge is 0.399 e. The van der Waals surface area contributed by atoms with Crippen LogP contribution in [0, 0.1) is 0 Å². The summed E-state index contributed by atoms with van der Waals surface area (Å²) in [5.74, 6) is 0.533. The van der Waals surface area contributed by atoms with Crippen molar-refractivity contribution in [3.63, 3.8) is 0 Å². The van der Waals surface area contributed by atoms with E-state index in [1.54, 1.807) is 0 Å². The number of hydrogen-bond donors (Lipinski definition) is 2. The molecule has 0 aliphatic rings. The number of carbonyl (C=O) groups excluding carboxylic acids is 1. The third kappa shape index (κ3) is 7.21. The van der Waals surface area contributed by atoms with E-state index in [0.29, 0.717) is 18.7 Å². The van der Waals surface area contributed by atoms with Gasteiger partial charge in [-0.15, -0.1) is 24.8 Å². The average Bonchev–Trinajstić information content (AvgIpc) is 2.92. The molecule has 134 valence electrons. The summed E-state index contributed by atoms with van der Waals surface area (Å²) in [6.45, 7) is 1.70. The molecule has 0 spiro atoms. The topological polar surface area (TPSA) is 76.2 Å². The van der Waals surface area contributed by atoms with Gasteiger partial charge in [0.25, 0.3) is 0 Å². The molecule has 0 atom stereocenters. The highest BCUT2D eigenvalue weighted by molar-refractivity contribution is 5.89. The molecule has 0 radical (unpaired) electrons. The molecule has 1 heterocycles. The van der Waals surface area contributed by atoms with E-state index in [1.165, 1.54) is 0 Å². The number of halogens is 2. The van der Waals surface area contributed by atoms with Crippen LogP contribution in [0.15, 0.2) is 36.5 Å². The summed E-state index contributed by atoms with van der Waals surface area (Å²) in [4.78, 5) is 14.1. The van der Waals surface area contributed by atoms with Crippen molar-refractivity contribution < 1.29 is 4.79 Å². The number of nitrogen functional groups attached to an aromatic ring is 1. The van der Waals surface area contributed by atoms with Crippen LogP contribution in [0.4, 0.5) is 11.5 Å². The van der Waals surface area contributed by atoms with Crippen LogP contribution < -0.4 is 11.1 Å². The minimum absolute atomic E-state index is 0. The molecule has 3 N–H and O–H groups in total. The average molecular weight is 374 g/mol. The number of anilines is 2. The van der Waals surface area contributed by atoms with Crippen LogP contribution in [-0.4, -0.2) is 41.2 Å². The number of aromatic nitrogens is 2. The Bertz CT molecular complexity index is 630. The molecule has 1 amide bonds. The predicted octanol–water partition coefficient (Wildman–Crippen LogP) is 2.44. The molecule has 2 aromatic rings. The zero-order valence-corrected chi connectivity index (χ0v) is 15.6. The van der Waals surface area contributed by atoms with Crippen molar-refractivity contribution >= 4 is 42.2 Å². The summed E-state index contributed by atoms with van der Waals surface area (Å²) in [5.41, 5.74) is 7.59. The van der Waals surface area contributed by atoms with Gasteiger partial charge >= 0.3 is 0 Å². The fourth-order valence-electron chi connectivity index (χ4n) is 2.07. The molecule has 0 aliphatic carbocycles. The Balaban J connectivity index is 0.00000264. The number of hydrogen-bond acceptors (Lipinski definition) is 4. The number of rotatable bonds is 7. The van der Waals surface area contributed by atoms with Gasteiger partial charge < -0.3 is 16.0 Å². The Morgan fingerprint density at radius 3 is 2.62 bits per heavy atom. The molecule has 0 fully saturated rings. The minimum atomic E-state index is -0.0545. The monoisotopic (exact) mass is 373 g/mol. The highest BCUT2D eigenvalue weighted by Gasteiger charge is 2.07. The van der Waals surface area contributed by atoms with Crippen LogP contribution in [0.2, 0.25) is 0 Å². The van der Waals surface area contributed by atoms with Crippen molar-refractivity contribution in [1.82, 2.24) is 14.7 Å². The van der Waals surface area contributed by atoms with Crippen LogP contribution in [0.5, 0.6) is 0 Å². The minimum Gasteiger partial charge on any atom is -0.399 e. The normalized spacial score (nSPS) is 9.96. The summed E-state index contributed by atoms with van der Waals surface area (Å²) < 4.78 is 1.82. The lowest BCUT2D eigenvalue weighted by Crippen LogP contribution is -2.19. The lowest BCUT2D eigenvalue weighted by atomic mass is 10.1. The first-order chi connectivity index (χ1) is 10.5. The maximum absolute atomic E-state index is 12.0. The molecule has 1 aromatic heterocycles. The maximum atomic E-state index is 12.0. The van der Waals surface area contributed by atoms with Gasteiger partial charge in [0.15, 0.2) is 5.82 Å². The molecule has 8 heteroatoms. The van der Waals surface area contributed by atoms with Crippen molar-refractivity contribution in [3.05, 3.63) is 42.1 Å². The number of nitrogens with one attached hydrogen (secondary N) is 1. The number of carbonyl (C=O) groups is 1. The van der Waals surface area contributed by atoms with Gasteiger partial charge in [-0.2, -0.15) is 5.10 Å². The smallest absolute Gasteiger partial charge is 0.225 e. The molecule has 0 saturated heterocycles. The Morgan fingerprint density at radius 1 is 1.25 bits per heavy atom. The molecule has 24 heavy (non-hydrogen) atoms. The van der Waals surface area contributed by atoms with Crippen molar-refractivity contribution in [2.24, 2.45) is 0 Å². The molecular formula is C16H25Cl2N5O. The lowest BCUT2D eigenvalue weighted by Gasteiger charge is -2.08. The maximum Gasteiger partial charge on any atom is 0.225 e. The van der Waals surface area contributed by atoms with E-state index in [4.69, 9.17) is 5.73 Å². The fraction of sp³-hybridized carbons (Fsp3) is 0.375. The van der Waals surface area contributed by atoms with Gasteiger partial charge in [0.05, 0.1) is 6.54 Å². The first kappa shape index (κ1) is 22.2. The first-order valence-electron chi connectivity index (χ1n) is 7.36. The molecule has 0 aliphatic heterocycles. The van der Waals surface area contributed by atoms with E-state index < -0.39 is 0 Å². The number of aryl methyl sites for hydroxylation is 1. The van der Waals surface area contributed by atoms with Crippen LogP contribution in [0.25, 0.3) is 0 Å². The Kier molecular flexibility index (Phi) is 10.1. The zero-order chi connectivity index (χ0) is 15.9. The van der Waals surface area contributed by atoms with Crippen LogP contribution >= 0.6 is 24.8 Å². The number of para-hydroxylation sites is 1. The van der Waals surface area contributed by atoms with Crippen molar-refractivity contribution in [2.75, 3.05) is 31.7 Å². The number of amides is 1. The molecule has 2 rings (SSSR count). The van der Waals surface area contributed by atoms with E-state index in [9.17, 15) is 4.79 Å². The summed E-state index contributed by atoms with van der Waals surface area (Å²) >= 11 is 0. The van der Waals surface area contributed by atoms with Gasteiger partial charge in [-0.25, -0.2) is 0 Å². The second kappa shape index (κ2) is 10.9. The predicted molar refractivity (Wildman–Crippen MR) is 103 cm³/mol. The Hall–Kier alpha value is -1.76. The Labute approximate surface area is 155 Å². The lowest BCUT2D eigenvalue weighted by molar-refractivity contribution is -0.116. The van der Waals surface area contributed by atoms with E-state index in [0.717, 1.165) is 24.3 Å². The third-order valence-corrected chi connectivity index (χ3v) is 3.36. The van der Waals surface area contributed by atoms with E-state index in [1.807, 2.05) is 55.3 Å². The molecule has 0 saturated carbocycles. The number of nitrogens with two attached hydrogens (primary N) is 1. The van der Waals surface area contributed by atoms with Crippen LogP contribution in [0.3, 0.4) is 0 Å². The molecule has 1 aromatic carbocycles. The van der Waals surface area contributed by atoms with Gasteiger partial charge in [0, 0.05) is 30.9 Å². The van der Waals surface area contributed by atoms with E-state index >= 15 is 0 Å². The first-order valence-corrected chi connectivity index (χ1v) is 7.36. The van der Waals surface area contributed by atoms with Crippen LogP contribution in [0.1, 0.15) is 12.0 Å². The van der Waals surface area contributed by atoms with Gasteiger partial charge in [0.2, 0.25) is 5.91 Å². The number of benzene rings is 1. The highest BCUT2D eigenvalue weighted by atomic mass is 35.5. The summed E-state index contributed by atoms with van der Waals surface area (Å²) in [6, 6.07) is 9.41. The second-order valence-electron chi connectivity index (χ2n) is 5.51. The Morgan fingerprint density at radius 2 is 1.96 bits per heavy atom. The standard InChI is InChI=1S/C16H23N5O.2ClH/c1-20(2)11-12-21-10-9-15(19-21)18-16(22)8-7-13-5-3-4-6-14(13)17;;/h3-6,9-10H,7-8,11-12,17H2,1-2H3,(H,18,19,22);2*1H. The quantitative estimate of drug-likeness (QED) is 0.730. The van der Waals surface area contributed by atoms with Gasteiger partial charge in [-0.1, -0.05) is 18.2 Å². The van der Waals surface area contributed by atoms with Gasteiger partial charge in [-0.05, 0) is 32.1 Å². The van der Waals surface area contributed by atoms with Crippen LogP contribution in [-0.2, 0) is 17.8 Å². The SMILES string of the molecule is CN(C)CCn1ccc(NC(=O)CCc2ccccc2N)n1.Cl.Cl. The third-order valence-electron chi connectivity index (χ3n) is 3.36.